The molecule has 7 nitrogen and oxygen atoms in total. The van der Waals surface area contributed by atoms with Gasteiger partial charge < -0.3 is 15.0 Å². The highest BCUT2D eigenvalue weighted by Gasteiger charge is 2.26. The second-order valence-electron chi connectivity index (χ2n) is 7.12. The van der Waals surface area contributed by atoms with E-state index in [9.17, 15) is 13.2 Å². The zero-order valence-electron chi connectivity index (χ0n) is 15.2. The van der Waals surface area contributed by atoms with Crippen molar-refractivity contribution in [3.63, 3.8) is 0 Å². The minimum absolute atomic E-state index is 0.186. The zero-order chi connectivity index (χ0) is 18.7. The number of hydrogen-bond acceptors (Lipinski definition) is 5. The topological polar surface area (TPSA) is 87.7 Å². The molecule has 2 N–H and O–H groups in total. The molecule has 25 heavy (non-hydrogen) atoms. The number of carbonyl (C=O) groups is 1. The van der Waals surface area contributed by atoms with Crippen molar-refractivity contribution in [3.8, 4) is 0 Å². The van der Waals surface area contributed by atoms with Gasteiger partial charge in [0.2, 0.25) is 10.0 Å². The molecule has 1 saturated heterocycles. The summed E-state index contributed by atoms with van der Waals surface area (Å²) >= 11 is 0. The number of amides is 1. The Morgan fingerprint density at radius 3 is 2.44 bits per heavy atom. The quantitative estimate of drug-likeness (QED) is 0.851. The SMILES string of the molecule is CNS(=O)(=O)c1cccc(NC2CCN(C(=O)OC(C)(C)C)CC2)c1. The van der Waals surface area contributed by atoms with Gasteiger partial charge in [0.15, 0.2) is 0 Å². The standard InChI is InChI=1S/C17H27N3O4S/c1-17(2,3)24-16(21)20-10-8-13(9-11-20)19-14-6-5-7-15(12-14)25(22,23)18-4/h5-7,12-13,18-19H,8-11H2,1-4H3. The molecule has 1 amide bonds. The Kier molecular flexibility index (Phi) is 5.95. The van der Waals surface area contributed by atoms with Gasteiger partial charge in [0.25, 0.3) is 0 Å². The normalized spacial score (nSPS) is 16.6. The average Bonchev–Trinajstić information content (AvgIpc) is 2.54. The van der Waals surface area contributed by atoms with E-state index in [1.807, 2.05) is 26.8 Å². The Morgan fingerprint density at radius 2 is 1.88 bits per heavy atom. The van der Waals surface area contributed by atoms with Gasteiger partial charge in [0, 0.05) is 24.8 Å². The predicted molar refractivity (Wildman–Crippen MR) is 97.1 cm³/mol. The van der Waals surface area contributed by atoms with E-state index in [0.717, 1.165) is 18.5 Å². The first-order valence-electron chi connectivity index (χ1n) is 8.39. The average molecular weight is 369 g/mol. The lowest BCUT2D eigenvalue weighted by Crippen LogP contribution is -2.44. The highest BCUT2D eigenvalue weighted by molar-refractivity contribution is 7.89. The molecule has 0 aromatic heterocycles. The van der Waals surface area contributed by atoms with Gasteiger partial charge in [0.05, 0.1) is 4.90 Å². The molecule has 1 aliphatic rings. The fraction of sp³-hybridized carbons (Fsp3) is 0.588. The van der Waals surface area contributed by atoms with Crippen LogP contribution in [0.25, 0.3) is 0 Å². The van der Waals surface area contributed by atoms with Crippen molar-refractivity contribution in [2.45, 2.75) is 50.2 Å². The number of nitrogens with one attached hydrogen (secondary N) is 2. The minimum atomic E-state index is -3.46. The first-order chi connectivity index (χ1) is 11.6. The third kappa shape index (κ3) is 5.61. The Bertz CT molecular complexity index is 705. The number of rotatable bonds is 4. The molecule has 1 aromatic carbocycles. The van der Waals surface area contributed by atoms with E-state index in [-0.39, 0.29) is 17.0 Å². The van der Waals surface area contributed by atoms with Gasteiger partial charge in [-0.1, -0.05) is 6.07 Å². The number of ether oxygens (including phenoxy) is 1. The van der Waals surface area contributed by atoms with Crippen molar-refractivity contribution in [2.24, 2.45) is 0 Å². The molecule has 1 heterocycles. The molecule has 2 rings (SSSR count). The summed E-state index contributed by atoms with van der Waals surface area (Å²) in [5, 5.41) is 3.35. The van der Waals surface area contributed by atoms with Crippen LogP contribution in [-0.2, 0) is 14.8 Å². The van der Waals surface area contributed by atoms with Crippen molar-refractivity contribution in [1.82, 2.24) is 9.62 Å². The van der Waals surface area contributed by atoms with Crippen molar-refractivity contribution in [2.75, 3.05) is 25.5 Å². The third-order valence-electron chi connectivity index (χ3n) is 3.93. The van der Waals surface area contributed by atoms with Crippen LogP contribution in [0.1, 0.15) is 33.6 Å². The highest BCUT2D eigenvalue weighted by Crippen LogP contribution is 2.21. The first-order valence-corrected chi connectivity index (χ1v) is 9.87. The van der Waals surface area contributed by atoms with Gasteiger partial charge in [-0.15, -0.1) is 0 Å². The number of benzene rings is 1. The van der Waals surface area contributed by atoms with Crippen LogP contribution in [0, 0.1) is 0 Å². The van der Waals surface area contributed by atoms with E-state index in [1.54, 1.807) is 23.1 Å². The van der Waals surface area contributed by atoms with Gasteiger partial charge in [0.1, 0.15) is 5.60 Å². The number of anilines is 1. The van der Waals surface area contributed by atoms with Gasteiger partial charge in [-0.05, 0) is 58.9 Å². The lowest BCUT2D eigenvalue weighted by atomic mass is 10.0. The Balaban J connectivity index is 1.92. The molecule has 0 saturated carbocycles. The number of sulfonamides is 1. The Morgan fingerprint density at radius 1 is 1.24 bits per heavy atom. The molecule has 0 radical (unpaired) electrons. The highest BCUT2D eigenvalue weighted by atomic mass is 32.2. The number of likely N-dealkylation sites (tertiary alicyclic amines) is 1. The molecule has 0 atom stereocenters. The number of nitrogens with zero attached hydrogens (tertiary/aromatic N) is 1. The van der Waals surface area contributed by atoms with Crippen LogP contribution >= 0.6 is 0 Å². The van der Waals surface area contributed by atoms with Gasteiger partial charge in [-0.25, -0.2) is 17.9 Å². The molecule has 0 bridgehead atoms. The van der Waals surface area contributed by atoms with E-state index in [4.69, 9.17) is 4.74 Å². The van der Waals surface area contributed by atoms with Crippen LogP contribution < -0.4 is 10.0 Å². The van der Waals surface area contributed by atoms with Crippen LogP contribution in [-0.4, -0.2) is 51.2 Å². The lowest BCUT2D eigenvalue weighted by Gasteiger charge is -2.34. The number of carbonyl (C=O) groups excluding carboxylic acids is 1. The fourth-order valence-electron chi connectivity index (χ4n) is 2.64. The molecular weight excluding hydrogens is 342 g/mol. The Hall–Kier alpha value is -1.80. The van der Waals surface area contributed by atoms with Gasteiger partial charge >= 0.3 is 6.09 Å². The van der Waals surface area contributed by atoms with Crippen molar-refractivity contribution < 1.29 is 17.9 Å². The van der Waals surface area contributed by atoms with E-state index in [1.165, 1.54) is 7.05 Å². The molecule has 8 heteroatoms. The smallest absolute Gasteiger partial charge is 0.410 e. The summed E-state index contributed by atoms with van der Waals surface area (Å²) in [6.07, 6.45) is 1.28. The van der Waals surface area contributed by atoms with Crippen molar-refractivity contribution >= 4 is 21.8 Å². The van der Waals surface area contributed by atoms with Gasteiger partial charge in [-0.3, -0.25) is 0 Å². The maximum atomic E-state index is 12.1. The number of piperidine rings is 1. The summed E-state index contributed by atoms with van der Waals surface area (Å²) in [7, 11) is -2.07. The lowest BCUT2D eigenvalue weighted by molar-refractivity contribution is 0.0210. The van der Waals surface area contributed by atoms with E-state index >= 15 is 0 Å². The molecule has 140 valence electrons. The summed E-state index contributed by atoms with van der Waals surface area (Å²) in [5.74, 6) is 0. The van der Waals surface area contributed by atoms with Crippen LogP contribution in [0.3, 0.4) is 0 Å². The van der Waals surface area contributed by atoms with Crippen LogP contribution in [0.2, 0.25) is 0 Å². The Labute approximate surface area is 149 Å². The molecule has 1 aliphatic heterocycles. The molecule has 1 fully saturated rings. The molecule has 0 spiro atoms. The van der Waals surface area contributed by atoms with E-state index < -0.39 is 15.6 Å². The second-order valence-corrected chi connectivity index (χ2v) is 9.01. The van der Waals surface area contributed by atoms with Gasteiger partial charge in [-0.2, -0.15) is 0 Å². The van der Waals surface area contributed by atoms with E-state index in [2.05, 4.69) is 10.0 Å². The fourth-order valence-corrected chi connectivity index (χ4v) is 3.42. The van der Waals surface area contributed by atoms with Crippen LogP contribution in [0.5, 0.6) is 0 Å². The molecule has 1 aromatic rings. The first kappa shape index (κ1) is 19.5. The summed E-state index contributed by atoms with van der Waals surface area (Å²) in [4.78, 5) is 14.0. The molecular formula is C17H27N3O4S. The summed E-state index contributed by atoms with van der Waals surface area (Å²) in [6.45, 7) is 6.78. The zero-order valence-corrected chi connectivity index (χ0v) is 16.0. The minimum Gasteiger partial charge on any atom is -0.444 e. The van der Waals surface area contributed by atoms with Crippen LogP contribution in [0.15, 0.2) is 29.2 Å². The van der Waals surface area contributed by atoms with Crippen molar-refractivity contribution in [1.29, 1.82) is 0 Å². The summed E-state index contributed by atoms with van der Waals surface area (Å²) in [6, 6.07) is 6.91. The molecule has 0 unspecified atom stereocenters. The summed E-state index contributed by atoms with van der Waals surface area (Å²) in [5.41, 5.74) is 0.262. The molecule has 0 aliphatic carbocycles. The predicted octanol–water partition coefficient (Wildman–Crippen LogP) is 2.41. The maximum absolute atomic E-state index is 12.1. The van der Waals surface area contributed by atoms with E-state index in [0.29, 0.717) is 13.1 Å². The van der Waals surface area contributed by atoms with Crippen molar-refractivity contribution in [3.05, 3.63) is 24.3 Å². The third-order valence-corrected chi connectivity index (χ3v) is 5.34. The second kappa shape index (κ2) is 7.61. The largest absolute Gasteiger partial charge is 0.444 e. The number of hydrogen-bond donors (Lipinski definition) is 2. The van der Waals surface area contributed by atoms with Crippen LogP contribution in [0.4, 0.5) is 10.5 Å². The monoisotopic (exact) mass is 369 g/mol. The maximum Gasteiger partial charge on any atom is 0.410 e. The summed E-state index contributed by atoms with van der Waals surface area (Å²) < 4.78 is 31.5.